The van der Waals surface area contributed by atoms with Crippen LogP contribution in [0.15, 0.2) is 0 Å². The number of hydrogen-bond donors (Lipinski definition) is 1. The van der Waals surface area contributed by atoms with E-state index in [1.807, 2.05) is 7.05 Å². The number of rotatable bonds is 3. The van der Waals surface area contributed by atoms with Crippen molar-refractivity contribution in [1.29, 1.82) is 0 Å². The molecular formula is C11H22N2O2. The Labute approximate surface area is 92.0 Å². The number of carbonyl (C=O) groups is 1. The Bertz CT molecular complexity index is 217. The van der Waals surface area contributed by atoms with Crippen molar-refractivity contribution in [3.05, 3.63) is 0 Å². The van der Waals surface area contributed by atoms with Gasteiger partial charge in [0, 0.05) is 19.2 Å². The van der Waals surface area contributed by atoms with Crippen molar-refractivity contribution in [2.45, 2.75) is 38.8 Å². The molecule has 0 saturated carbocycles. The van der Waals surface area contributed by atoms with Crippen LogP contribution < -0.4 is 5.32 Å². The SMILES string of the molecule is CN(C(=O)CNC(C)(C)C)C1CCOC1. The van der Waals surface area contributed by atoms with Crippen LogP contribution in [-0.2, 0) is 9.53 Å². The molecule has 1 N–H and O–H groups in total. The van der Waals surface area contributed by atoms with Crippen molar-refractivity contribution in [2.75, 3.05) is 26.8 Å². The van der Waals surface area contributed by atoms with E-state index in [9.17, 15) is 4.79 Å². The fourth-order valence-electron chi connectivity index (χ4n) is 1.50. The third-order valence-corrected chi connectivity index (χ3v) is 2.62. The number of amides is 1. The summed E-state index contributed by atoms with van der Waals surface area (Å²) in [6.07, 6.45) is 0.956. The number of nitrogens with one attached hydrogen (secondary N) is 1. The van der Waals surface area contributed by atoms with Gasteiger partial charge in [-0.15, -0.1) is 0 Å². The van der Waals surface area contributed by atoms with Gasteiger partial charge in [0.2, 0.25) is 5.91 Å². The van der Waals surface area contributed by atoms with E-state index in [1.165, 1.54) is 0 Å². The highest BCUT2D eigenvalue weighted by Crippen LogP contribution is 2.10. The molecule has 1 atom stereocenters. The molecule has 1 unspecified atom stereocenters. The molecule has 4 nitrogen and oxygen atoms in total. The molecule has 88 valence electrons. The molecule has 0 aromatic carbocycles. The summed E-state index contributed by atoms with van der Waals surface area (Å²) >= 11 is 0. The first-order chi connectivity index (χ1) is 6.90. The molecule has 0 spiro atoms. The third-order valence-electron chi connectivity index (χ3n) is 2.62. The van der Waals surface area contributed by atoms with Crippen LogP contribution in [0, 0.1) is 0 Å². The maximum absolute atomic E-state index is 11.8. The lowest BCUT2D eigenvalue weighted by Crippen LogP contribution is -2.46. The number of ether oxygens (including phenoxy) is 1. The molecule has 1 amide bonds. The zero-order valence-corrected chi connectivity index (χ0v) is 10.2. The quantitative estimate of drug-likeness (QED) is 0.749. The molecule has 0 bridgehead atoms. The molecule has 0 radical (unpaired) electrons. The van der Waals surface area contributed by atoms with Gasteiger partial charge < -0.3 is 15.0 Å². The summed E-state index contributed by atoms with van der Waals surface area (Å²) in [5.41, 5.74) is -0.0112. The minimum atomic E-state index is -0.0112. The van der Waals surface area contributed by atoms with E-state index in [-0.39, 0.29) is 17.5 Å². The number of hydrogen-bond acceptors (Lipinski definition) is 3. The predicted molar refractivity (Wildman–Crippen MR) is 59.7 cm³/mol. The molecule has 1 saturated heterocycles. The fraction of sp³-hybridized carbons (Fsp3) is 0.909. The summed E-state index contributed by atoms with van der Waals surface area (Å²) in [5.74, 6) is 0.139. The second-order valence-corrected chi connectivity index (χ2v) is 5.13. The summed E-state index contributed by atoms with van der Waals surface area (Å²) in [6.45, 7) is 8.01. The highest BCUT2D eigenvalue weighted by atomic mass is 16.5. The van der Waals surface area contributed by atoms with Gasteiger partial charge in [-0.3, -0.25) is 4.79 Å². The van der Waals surface area contributed by atoms with Crippen LogP contribution in [0.2, 0.25) is 0 Å². The van der Waals surface area contributed by atoms with Gasteiger partial charge in [-0.2, -0.15) is 0 Å². The van der Waals surface area contributed by atoms with Crippen LogP contribution in [0.1, 0.15) is 27.2 Å². The molecule has 0 aliphatic carbocycles. The average molecular weight is 214 g/mol. The van der Waals surface area contributed by atoms with E-state index in [0.717, 1.165) is 13.0 Å². The van der Waals surface area contributed by atoms with Crippen molar-refractivity contribution < 1.29 is 9.53 Å². The zero-order chi connectivity index (χ0) is 11.5. The van der Waals surface area contributed by atoms with Crippen LogP contribution in [0.4, 0.5) is 0 Å². The lowest BCUT2D eigenvalue weighted by molar-refractivity contribution is -0.131. The average Bonchev–Trinajstić information content (AvgIpc) is 2.64. The maximum Gasteiger partial charge on any atom is 0.236 e. The molecule has 0 aromatic rings. The number of likely N-dealkylation sites (N-methyl/N-ethyl adjacent to an activating group) is 1. The summed E-state index contributed by atoms with van der Waals surface area (Å²) in [5, 5.41) is 3.19. The summed E-state index contributed by atoms with van der Waals surface area (Å²) in [4.78, 5) is 13.6. The highest BCUT2D eigenvalue weighted by Gasteiger charge is 2.24. The Morgan fingerprint density at radius 1 is 1.53 bits per heavy atom. The van der Waals surface area contributed by atoms with E-state index < -0.39 is 0 Å². The lowest BCUT2D eigenvalue weighted by atomic mass is 10.1. The van der Waals surface area contributed by atoms with Crippen LogP contribution in [0.5, 0.6) is 0 Å². The van der Waals surface area contributed by atoms with Gasteiger partial charge in [0.05, 0.1) is 19.2 Å². The first-order valence-electron chi connectivity index (χ1n) is 5.48. The van der Waals surface area contributed by atoms with Crippen molar-refractivity contribution in [3.8, 4) is 0 Å². The molecule has 15 heavy (non-hydrogen) atoms. The number of nitrogens with zero attached hydrogens (tertiary/aromatic N) is 1. The van der Waals surface area contributed by atoms with Gasteiger partial charge in [-0.1, -0.05) is 0 Å². The topological polar surface area (TPSA) is 41.6 Å². The van der Waals surface area contributed by atoms with Gasteiger partial charge >= 0.3 is 0 Å². The van der Waals surface area contributed by atoms with Crippen LogP contribution in [0.3, 0.4) is 0 Å². The molecule has 1 heterocycles. The molecule has 1 rings (SSSR count). The monoisotopic (exact) mass is 214 g/mol. The smallest absolute Gasteiger partial charge is 0.236 e. The minimum Gasteiger partial charge on any atom is -0.379 e. The van der Waals surface area contributed by atoms with Crippen molar-refractivity contribution in [2.24, 2.45) is 0 Å². The van der Waals surface area contributed by atoms with E-state index in [0.29, 0.717) is 13.2 Å². The fourth-order valence-corrected chi connectivity index (χ4v) is 1.50. The summed E-state index contributed by atoms with van der Waals surface area (Å²) in [7, 11) is 1.85. The van der Waals surface area contributed by atoms with E-state index in [2.05, 4.69) is 26.1 Å². The summed E-state index contributed by atoms with van der Waals surface area (Å²) in [6, 6.07) is 0.263. The second-order valence-electron chi connectivity index (χ2n) is 5.13. The molecule has 4 heteroatoms. The Morgan fingerprint density at radius 3 is 2.67 bits per heavy atom. The standard InChI is InChI=1S/C11H22N2O2/c1-11(2,3)12-7-10(14)13(4)9-5-6-15-8-9/h9,12H,5-8H2,1-4H3. The van der Waals surface area contributed by atoms with E-state index in [4.69, 9.17) is 4.74 Å². The predicted octanol–water partition coefficient (Wildman–Crippen LogP) is 0.622. The Hall–Kier alpha value is -0.610. The second kappa shape index (κ2) is 4.94. The van der Waals surface area contributed by atoms with Crippen molar-refractivity contribution >= 4 is 5.91 Å². The minimum absolute atomic E-state index is 0.0112. The van der Waals surface area contributed by atoms with Crippen molar-refractivity contribution in [3.63, 3.8) is 0 Å². The van der Waals surface area contributed by atoms with Gasteiger partial charge in [0.1, 0.15) is 0 Å². The normalized spacial score (nSPS) is 21.7. The maximum atomic E-state index is 11.8. The van der Waals surface area contributed by atoms with Crippen LogP contribution >= 0.6 is 0 Å². The molecule has 1 fully saturated rings. The van der Waals surface area contributed by atoms with Gasteiger partial charge in [-0.25, -0.2) is 0 Å². The van der Waals surface area contributed by atoms with Crippen LogP contribution in [-0.4, -0.2) is 49.2 Å². The Morgan fingerprint density at radius 2 is 2.20 bits per heavy atom. The lowest BCUT2D eigenvalue weighted by Gasteiger charge is -2.26. The van der Waals surface area contributed by atoms with E-state index >= 15 is 0 Å². The molecular weight excluding hydrogens is 192 g/mol. The van der Waals surface area contributed by atoms with Crippen molar-refractivity contribution in [1.82, 2.24) is 10.2 Å². The largest absolute Gasteiger partial charge is 0.379 e. The molecule has 1 aliphatic rings. The molecule has 1 aliphatic heterocycles. The van der Waals surface area contributed by atoms with Gasteiger partial charge in [0.25, 0.3) is 0 Å². The van der Waals surface area contributed by atoms with Gasteiger partial charge in [0.15, 0.2) is 0 Å². The third kappa shape index (κ3) is 4.18. The highest BCUT2D eigenvalue weighted by molar-refractivity contribution is 5.78. The Balaban J connectivity index is 2.32. The summed E-state index contributed by atoms with van der Waals surface area (Å²) < 4.78 is 5.26. The number of carbonyl (C=O) groups excluding carboxylic acids is 1. The Kier molecular flexibility index (Phi) is 4.11. The van der Waals surface area contributed by atoms with Crippen LogP contribution in [0.25, 0.3) is 0 Å². The first-order valence-corrected chi connectivity index (χ1v) is 5.48. The molecule has 0 aromatic heterocycles. The van der Waals surface area contributed by atoms with Gasteiger partial charge in [-0.05, 0) is 27.2 Å². The van der Waals surface area contributed by atoms with E-state index in [1.54, 1.807) is 4.90 Å². The first kappa shape index (κ1) is 12.5. The zero-order valence-electron chi connectivity index (χ0n) is 10.2.